The molecule has 1 aliphatic rings. The number of halogens is 3. The van der Waals surface area contributed by atoms with Crippen LogP contribution in [0.3, 0.4) is 0 Å². The summed E-state index contributed by atoms with van der Waals surface area (Å²) in [5, 5.41) is 4.32. The van der Waals surface area contributed by atoms with Crippen LogP contribution in [-0.4, -0.2) is 37.7 Å². The van der Waals surface area contributed by atoms with E-state index in [2.05, 4.69) is 26.1 Å². The van der Waals surface area contributed by atoms with Crippen molar-refractivity contribution in [2.24, 2.45) is 0 Å². The zero-order chi connectivity index (χ0) is 19.4. The Kier molecular flexibility index (Phi) is 7.69. The molecule has 1 aromatic carbocycles. The smallest absolute Gasteiger partial charge is 0.299 e. The number of hydrogen-bond acceptors (Lipinski definition) is 2. The molecule has 0 spiro atoms. The SMILES string of the molecule is CC[Si-](CC)(CC)OC(CNCC1(F)CC(=[OH+])C1)c1c(Cl)cccc1Cl. The molecule has 0 radical (unpaired) electrons. The topological polar surface area (TPSA) is 42.7 Å². The zero-order valence-corrected chi connectivity index (χ0v) is 18.3. The van der Waals surface area contributed by atoms with Gasteiger partial charge in [-0.3, -0.25) is 4.79 Å². The minimum absolute atomic E-state index is 0.107. The molecule has 1 aromatic rings. The number of alkyl halides is 1. The number of ketones is 1. The molecule has 1 fully saturated rings. The van der Waals surface area contributed by atoms with Crippen LogP contribution in [0, 0.1) is 0 Å². The average molecular weight is 421 g/mol. The van der Waals surface area contributed by atoms with Crippen LogP contribution in [0.25, 0.3) is 0 Å². The van der Waals surface area contributed by atoms with E-state index in [0.29, 0.717) is 16.6 Å². The van der Waals surface area contributed by atoms with Crippen LogP contribution in [0.15, 0.2) is 18.2 Å². The second kappa shape index (κ2) is 9.15. The Morgan fingerprint density at radius 2 is 1.73 bits per heavy atom. The Morgan fingerprint density at radius 3 is 2.19 bits per heavy atom. The molecule has 0 aliphatic heterocycles. The Bertz CT molecular complexity index is 603. The van der Waals surface area contributed by atoms with Crippen LogP contribution in [0.5, 0.6) is 0 Å². The van der Waals surface area contributed by atoms with Crippen LogP contribution >= 0.6 is 23.2 Å². The quantitative estimate of drug-likeness (QED) is 0.389. The van der Waals surface area contributed by atoms with Gasteiger partial charge in [-0.05, 0) is 20.5 Å². The average Bonchev–Trinajstić information content (AvgIpc) is 2.58. The second-order valence-corrected chi connectivity index (χ2v) is 12.7. The van der Waals surface area contributed by atoms with E-state index in [0.717, 1.165) is 23.7 Å². The first kappa shape index (κ1) is 21.8. The van der Waals surface area contributed by atoms with Crippen molar-refractivity contribution in [3.05, 3.63) is 33.8 Å². The van der Waals surface area contributed by atoms with E-state index in [9.17, 15) is 9.18 Å². The second-order valence-electron chi connectivity index (χ2n) is 7.19. The standard InChI is InChI=1S/C19H28Cl2FNO2Si/c1-4-26(5-2,6-3)25-17(18-15(20)8-7-9-16(18)21)12-23-13-19(22)10-14(24)11-19/h7-9,17,23H,4-6,10-13H2,1-3H3/q-1/p+1. The Balaban J connectivity index is 2.17. The largest absolute Gasteiger partial charge is 0.558 e. The molecule has 26 heavy (non-hydrogen) atoms. The van der Waals surface area contributed by atoms with Crippen molar-refractivity contribution in [3.8, 4) is 0 Å². The lowest BCUT2D eigenvalue weighted by atomic mass is 9.80. The highest BCUT2D eigenvalue weighted by Gasteiger charge is 2.48. The molecule has 1 saturated carbocycles. The van der Waals surface area contributed by atoms with Crippen LogP contribution in [0.2, 0.25) is 28.2 Å². The van der Waals surface area contributed by atoms with Gasteiger partial charge >= 0.3 is 0 Å². The lowest BCUT2D eigenvalue weighted by molar-refractivity contribution is 0.124. The number of benzene rings is 1. The molecule has 0 bridgehead atoms. The van der Waals surface area contributed by atoms with Crippen molar-refractivity contribution in [2.75, 3.05) is 13.1 Å². The van der Waals surface area contributed by atoms with E-state index < -0.39 is 14.0 Å². The predicted octanol–water partition coefficient (Wildman–Crippen LogP) is 5.69. The maximum Gasteiger partial charge on any atom is 0.299 e. The molecule has 2 N–H and O–H groups in total. The summed E-state index contributed by atoms with van der Waals surface area (Å²) in [4.78, 5) is 9.29. The van der Waals surface area contributed by atoms with Gasteiger partial charge < -0.3 is 9.74 Å². The normalized spacial score (nSPS) is 21.5. The number of hydrogen-bond donors (Lipinski definition) is 1. The molecule has 1 atom stereocenters. The van der Waals surface area contributed by atoms with Gasteiger partial charge in [0.1, 0.15) is 5.67 Å². The zero-order valence-electron chi connectivity index (χ0n) is 15.7. The molecule has 7 heteroatoms. The summed E-state index contributed by atoms with van der Waals surface area (Å²) >= 11 is 12.8. The summed E-state index contributed by atoms with van der Waals surface area (Å²) in [6, 6.07) is 8.45. The molecule has 0 aromatic heterocycles. The molecule has 0 heterocycles. The minimum Gasteiger partial charge on any atom is -0.558 e. The van der Waals surface area contributed by atoms with Gasteiger partial charge in [-0.15, -0.1) is 18.1 Å². The van der Waals surface area contributed by atoms with E-state index in [4.69, 9.17) is 27.6 Å². The lowest BCUT2D eigenvalue weighted by Gasteiger charge is -2.45. The van der Waals surface area contributed by atoms with Crippen LogP contribution in [0.4, 0.5) is 4.39 Å². The first-order valence-electron chi connectivity index (χ1n) is 9.33. The summed E-state index contributed by atoms with van der Waals surface area (Å²) in [6.07, 6.45) is -0.102. The minimum atomic E-state index is -1.91. The molecule has 1 unspecified atom stereocenters. The highest BCUT2D eigenvalue weighted by Crippen LogP contribution is 2.37. The fraction of sp³-hybridized carbons (Fsp3) is 0.632. The van der Waals surface area contributed by atoms with Crippen molar-refractivity contribution in [2.45, 2.75) is 63.5 Å². The first-order valence-corrected chi connectivity index (χ1v) is 12.6. The molecular weight excluding hydrogens is 392 g/mol. The third-order valence-electron chi connectivity index (χ3n) is 5.46. The molecule has 0 saturated heterocycles. The number of carbonyl (C=O) groups excluding carboxylic acids is 1. The van der Waals surface area contributed by atoms with Gasteiger partial charge in [0.25, 0.3) is 5.78 Å². The highest BCUT2D eigenvalue weighted by atomic mass is 35.5. The molecular formula is C19H29Cl2FNO2Si. The van der Waals surface area contributed by atoms with Crippen LogP contribution in [0.1, 0.15) is 45.3 Å². The monoisotopic (exact) mass is 420 g/mol. The molecule has 1 aliphatic carbocycles. The lowest BCUT2D eigenvalue weighted by Crippen LogP contribution is -2.49. The van der Waals surface area contributed by atoms with E-state index in [1.54, 1.807) is 0 Å². The maximum absolute atomic E-state index is 14.4. The summed E-state index contributed by atoms with van der Waals surface area (Å²) in [7, 11) is -1.91. The van der Waals surface area contributed by atoms with E-state index in [1.807, 2.05) is 18.2 Å². The van der Waals surface area contributed by atoms with Crippen molar-refractivity contribution in [1.82, 2.24) is 5.32 Å². The fourth-order valence-corrected chi connectivity index (χ4v) is 7.00. The van der Waals surface area contributed by atoms with Crippen molar-refractivity contribution in [1.29, 1.82) is 0 Å². The van der Waals surface area contributed by atoms with Gasteiger partial charge in [0.2, 0.25) is 0 Å². The molecule has 147 valence electrons. The van der Waals surface area contributed by atoms with Gasteiger partial charge in [0.05, 0.1) is 18.9 Å². The maximum atomic E-state index is 14.4. The van der Waals surface area contributed by atoms with Gasteiger partial charge in [-0.25, -0.2) is 4.39 Å². The van der Waals surface area contributed by atoms with Crippen molar-refractivity contribution in [3.63, 3.8) is 0 Å². The molecule has 0 amide bonds. The summed E-state index contributed by atoms with van der Waals surface area (Å²) in [6.45, 7) is 7.12. The van der Waals surface area contributed by atoms with E-state index >= 15 is 0 Å². The third-order valence-corrected chi connectivity index (χ3v) is 10.8. The first-order chi connectivity index (χ1) is 12.3. The molecule has 2 rings (SSSR count). The van der Waals surface area contributed by atoms with Crippen molar-refractivity contribution >= 4 is 37.3 Å². The van der Waals surface area contributed by atoms with E-state index in [-0.39, 0.29) is 31.3 Å². The Labute approximate surface area is 166 Å². The summed E-state index contributed by atoms with van der Waals surface area (Å²) in [5.74, 6) is 0.227. The number of rotatable bonds is 10. The molecule has 3 nitrogen and oxygen atoms in total. The number of nitrogens with one attached hydrogen (secondary N) is 1. The summed E-state index contributed by atoms with van der Waals surface area (Å²) < 4.78 is 21.0. The predicted molar refractivity (Wildman–Crippen MR) is 110 cm³/mol. The van der Waals surface area contributed by atoms with Crippen molar-refractivity contribution < 1.29 is 13.6 Å². The fourth-order valence-electron chi connectivity index (χ4n) is 3.55. The third kappa shape index (κ3) is 5.07. The summed E-state index contributed by atoms with van der Waals surface area (Å²) in [5.41, 5.74) is -0.597. The Hall–Kier alpha value is -0.463. The van der Waals surface area contributed by atoms with E-state index in [1.165, 1.54) is 0 Å². The van der Waals surface area contributed by atoms with Gasteiger partial charge in [-0.1, -0.05) is 50.0 Å². The van der Waals surface area contributed by atoms with Gasteiger partial charge in [0.15, 0.2) is 0 Å². The highest BCUT2D eigenvalue weighted by molar-refractivity contribution is 6.73. The Morgan fingerprint density at radius 1 is 1.19 bits per heavy atom. The van der Waals surface area contributed by atoms with Gasteiger partial charge in [0, 0.05) is 28.7 Å². The van der Waals surface area contributed by atoms with Gasteiger partial charge in [-0.2, -0.15) is 0 Å². The van der Waals surface area contributed by atoms with Crippen LogP contribution < -0.4 is 5.32 Å². The van der Waals surface area contributed by atoms with Crippen LogP contribution in [-0.2, 0) is 4.43 Å².